The molecule has 8 aromatic carbocycles. The molecule has 0 spiro atoms. The Morgan fingerprint density at radius 2 is 0.902 bits per heavy atom. The molecule has 0 unspecified atom stereocenters. The van der Waals surface area contributed by atoms with Gasteiger partial charge in [0, 0.05) is 10.8 Å². The van der Waals surface area contributed by atoms with Crippen LogP contribution in [0.3, 0.4) is 0 Å². The molecule has 1 heterocycles. The minimum Gasteiger partial charge on any atom is -0.456 e. The van der Waals surface area contributed by atoms with Gasteiger partial charge >= 0.3 is 0 Å². The molecule has 0 saturated carbocycles. The van der Waals surface area contributed by atoms with E-state index in [1.807, 2.05) is 0 Å². The lowest BCUT2D eigenvalue weighted by atomic mass is 9.83. The van der Waals surface area contributed by atoms with Crippen LogP contribution >= 0.6 is 0 Å². The maximum absolute atomic E-state index is 9.47. The predicted octanol–water partition coefficient (Wildman–Crippen LogP) is 11.5. The summed E-state index contributed by atoms with van der Waals surface area (Å²) < 4.78 is 211. The monoisotopic (exact) mass is 543 g/mol. The van der Waals surface area contributed by atoms with Crippen LogP contribution in [0.5, 0.6) is 0 Å². The zero-order valence-electron chi connectivity index (χ0n) is 43.5. The van der Waals surface area contributed by atoms with Gasteiger partial charge in [0.15, 0.2) is 0 Å². The minimum absolute atomic E-state index is 0.397. The van der Waals surface area contributed by atoms with E-state index in [0.717, 1.165) is 6.07 Å². The molecule has 190 valence electrons. The summed E-state index contributed by atoms with van der Waals surface area (Å²) in [6.07, 6.45) is 0. The van der Waals surface area contributed by atoms with Gasteiger partial charge in [-0.25, -0.2) is 0 Å². The third-order valence-electron chi connectivity index (χ3n) is 7.03. The van der Waals surface area contributed by atoms with Crippen LogP contribution in [0.1, 0.15) is 31.5 Å². The van der Waals surface area contributed by atoms with Gasteiger partial charge in [-0.05, 0) is 77.4 Å². The SMILES string of the molecule is [2H]c1cc(-c2c3c([2H])c([2H])c([2H])c([2H])c3c(-c3c([2H])c([2H])c([2H])c4oc5c([2H])c([2H])c([2H])c([2H])c5c34)c3c([2H])c([2H])c([2H])c([2H])c23)c2c(c1[2H])c([2H])c([2H])c1c([2H])c([2H])c([2H])c([2H])c12. The van der Waals surface area contributed by atoms with E-state index in [1.165, 1.54) is 0 Å². The van der Waals surface area contributed by atoms with Crippen LogP contribution in [0.25, 0.3) is 87.3 Å². The average molecular weight is 544 g/mol. The van der Waals surface area contributed by atoms with E-state index >= 15 is 0 Å². The van der Waals surface area contributed by atoms with E-state index in [1.54, 1.807) is 0 Å². The lowest BCUT2D eigenvalue weighted by Crippen LogP contribution is -1.92. The summed E-state index contributed by atoms with van der Waals surface area (Å²) in [6.45, 7) is 0. The molecule has 0 fully saturated rings. The van der Waals surface area contributed by atoms with Gasteiger partial charge in [-0.2, -0.15) is 0 Å². The van der Waals surface area contributed by atoms with E-state index < -0.39 is 226 Å². The Labute approximate surface area is 269 Å². The Hall–Kier alpha value is -5.40. The van der Waals surface area contributed by atoms with Crippen molar-refractivity contribution in [3.05, 3.63) is 145 Å². The molecule has 0 radical (unpaired) electrons. The number of fused-ring (bicyclic) bond motifs is 8. The molecule has 0 aliphatic carbocycles. The van der Waals surface area contributed by atoms with Gasteiger partial charge in [-0.3, -0.25) is 0 Å². The zero-order valence-corrected chi connectivity index (χ0v) is 20.5. The Bertz CT molecular complexity index is 3680. The second-order valence-electron chi connectivity index (χ2n) is 9.09. The van der Waals surface area contributed by atoms with E-state index in [4.69, 9.17) is 29.1 Å². The molecule has 41 heavy (non-hydrogen) atoms. The number of hydrogen-bond acceptors (Lipinski definition) is 1. The number of hydrogen-bond donors (Lipinski definition) is 0. The molecule has 0 amide bonds. The Morgan fingerprint density at radius 1 is 0.366 bits per heavy atom. The first-order valence-corrected chi connectivity index (χ1v) is 12.2. The van der Waals surface area contributed by atoms with Gasteiger partial charge in [0.05, 0.1) is 31.5 Å². The van der Waals surface area contributed by atoms with E-state index in [0.29, 0.717) is 0 Å². The first kappa shape index (κ1) is 9.61. The Balaban J connectivity index is 1.72. The summed E-state index contributed by atoms with van der Waals surface area (Å²) in [7, 11) is 0. The van der Waals surface area contributed by atoms with Gasteiger partial charge in [0.25, 0.3) is 0 Å². The van der Waals surface area contributed by atoms with Crippen molar-refractivity contribution >= 4 is 65.0 Å². The lowest BCUT2D eigenvalue weighted by molar-refractivity contribution is 0.669. The molecule has 0 bridgehead atoms. The van der Waals surface area contributed by atoms with E-state index in [-0.39, 0.29) is 0 Å². The van der Waals surface area contributed by atoms with Gasteiger partial charge in [0.1, 0.15) is 11.2 Å². The summed E-state index contributed by atoms with van der Waals surface area (Å²) in [5.74, 6) is 0. The molecule has 0 aliphatic rings. The Kier molecular flexibility index (Phi) is 2.00. The van der Waals surface area contributed by atoms with Crippen LogP contribution in [-0.2, 0) is 0 Å². The van der Waals surface area contributed by atoms with Crippen molar-refractivity contribution in [2.75, 3.05) is 0 Å². The highest BCUT2D eigenvalue weighted by Gasteiger charge is 2.21. The summed E-state index contributed by atoms with van der Waals surface area (Å²) >= 11 is 0. The molecule has 0 atom stereocenters. The summed E-state index contributed by atoms with van der Waals surface area (Å²) in [5, 5.41) is -5.02. The van der Waals surface area contributed by atoms with Crippen molar-refractivity contribution in [1.29, 1.82) is 0 Å². The second-order valence-corrected chi connectivity index (χ2v) is 9.09. The molecule has 9 aromatic rings. The van der Waals surface area contributed by atoms with Crippen LogP contribution in [-0.4, -0.2) is 0 Å². The number of rotatable bonds is 2. The van der Waals surface area contributed by atoms with Crippen molar-refractivity contribution < 1.29 is 35.9 Å². The molecular weight excluding hydrogens is 496 g/mol. The molecule has 0 N–H and O–H groups in total. The summed E-state index contributed by atoms with van der Waals surface area (Å²) in [4.78, 5) is 0. The summed E-state index contributed by atoms with van der Waals surface area (Å²) in [6, 6.07) is -17.6. The molecule has 1 aromatic heterocycles. The van der Waals surface area contributed by atoms with Crippen molar-refractivity contribution in [3.8, 4) is 22.3 Å². The zero-order chi connectivity index (χ0) is 46.9. The predicted molar refractivity (Wildman–Crippen MR) is 175 cm³/mol. The molecule has 0 saturated heterocycles. The third kappa shape index (κ3) is 3.18. The maximum atomic E-state index is 9.47. The van der Waals surface area contributed by atoms with Crippen LogP contribution in [0.2, 0.25) is 0 Å². The van der Waals surface area contributed by atoms with Gasteiger partial charge < -0.3 is 4.42 Å². The molecule has 1 nitrogen and oxygen atoms in total. The molecule has 1 heteroatoms. The average Bonchev–Trinajstić information content (AvgIpc) is 3.67. The van der Waals surface area contributed by atoms with Gasteiger partial charge in [-0.1, -0.05) is 133 Å². The normalized spacial score (nSPS) is 19.8. The van der Waals surface area contributed by atoms with Crippen molar-refractivity contribution in [2.24, 2.45) is 0 Å². The fraction of sp³-hybridized carbons (Fsp3) is 0. The first-order chi connectivity index (χ1) is 29.9. The second kappa shape index (κ2) is 8.55. The van der Waals surface area contributed by atoms with Crippen molar-refractivity contribution in [3.63, 3.8) is 0 Å². The maximum Gasteiger partial charge on any atom is 0.136 e. The Morgan fingerprint density at radius 3 is 1.63 bits per heavy atom. The van der Waals surface area contributed by atoms with Crippen LogP contribution in [0, 0.1) is 0 Å². The van der Waals surface area contributed by atoms with Crippen molar-refractivity contribution in [2.45, 2.75) is 0 Å². The van der Waals surface area contributed by atoms with Crippen LogP contribution < -0.4 is 0 Å². The van der Waals surface area contributed by atoms with Crippen molar-refractivity contribution in [1.82, 2.24) is 0 Å². The quantitative estimate of drug-likeness (QED) is 0.156. The first-order valence-electron chi connectivity index (χ1n) is 23.7. The van der Waals surface area contributed by atoms with Gasteiger partial charge in [0.2, 0.25) is 0 Å². The molecule has 0 aliphatic heterocycles. The highest BCUT2D eigenvalue weighted by molar-refractivity contribution is 6.28. The number of furan rings is 1. The molecule has 9 rings (SSSR count). The topological polar surface area (TPSA) is 13.1 Å². The highest BCUT2D eigenvalue weighted by Crippen LogP contribution is 2.48. The van der Waals surface area contributed by atoms with E-state index in [2.05, 4.69) is 0 Å². The largest absolute Gasteiger partial charge is 0.456 e. The molecular formula is C40H24O. The number of benzene rings is 8. The fourth-order valence-electron chi connectivity index (χ4n) is 5.41. The standard InChI is InChI=1S/C40H24O/c1-2-13-27-25(11-1)23-24-26-12-9-19-33(37(26)27)38-28-14-3-5-16-30(28)39(31-17-6-4-15-29(31)38)34-20-10-22-36-40(34)32-18-7-8-21-35(32)41-36/h1-24H/i1D,2D,3D,4D,5D,6D,7D,8D,9D,10D,11D,12D,13D,14D,15D,16D,17D,18D,20D,21D,22D,23D,24D. The smallest absolute Gasteiger partial charge is 0.136 e. The third-order valence-corrected chi connectivity index (χ3v) is 7.03. The fourth-order valence-corrected chi connectivity index (χ4v) is 5.41. The van der Waals surface area contributed by atoms with Gasteiger partial charge in [-0.15, -0.1) is 0 Å². The van der Waals surface area contributed by atoms with Crippen LogP contribution in [0.15, 0.2) is 149 Å². The minimum atomic E-state index is -0.908. The van der Waals surface area contributed by atoms with E-state index in [9.17, 15) is 6.85 Å². The summed E-state index contributed by atoms with van der Waals surface area (Å²) in [5.41, 5.74) is -3.12. The number of para-hydroxylation sites is 1. The van der Waals surface area contributed by atoms with Crippen LogP contribution in [0.4, 0.5) is 0 Å². The lowest BCUT2D eigenvalue weighted by Gasteiger charge is -2.19. The highest BCUT2D eigenvalue weighted by atomic mass is 16.3.